The van der Waals surface area contributed by atoms with Gasteiger partial charge >= 0.3 is 5.97 Å². The van der Waals surface area contributed by atoms with Crippen molar-refractivity contribution in [2.24, 2.45) is 16.6 Å². The van der Waals surface area contributed by atoms with Crippen molar-refractivity contribution in [2.45, 2.75) is 47.6 Å². The molecule has 84 valence electrons. The molecule has 0 amide bonds. The molecule has 0 aliphatic carbocycles. The molecule has 0 bridgehead atoms. The van der Waals surface area contributed by atoms with Gasteiger partial charge < -0.3 is 10.5 Å². The van der Waals surface area contributed by atoms with Crippen molar-refractivity contribution >= 4 is 5.97 Å². The fourth-order valence-electron chi connectivity index (χ4n) is 0.632. The molecule has 2 N–H and O–H groups in total. The summed E-state index contributed by atoms with van der Waals surface area (Å²) in [6, 6.07) is -0.117. The normalized spacial score (nSPS) is 15.1. The molecule has 0 aromatic rings. The summed E-state index contributed by atoms with van der Waals surface area (Å²) >= 11 is 0. The Bertz CT molecular complexity index is 198. The van der Waals surface area contributed by atoms with Crippen molar-refractivity contribution < 1.29 is 9.53 Å². The van der Waals surface area contributed by atoms with Crippen molar-refractivity contribution in [3.05, 3.63) is 0 Å². The van der Waals surface area contributed by atoms with Crippen LogP contribution in [0.4, 0.5) is 0 Å². The predicted molar refractivity (Wildman–Crippen MR) is 57.8 cm³/mol. The fraction of sp³-hybridized carbons (Fsp3) is 0.909. The van der Waals surface area contributed by atoms with E-state index in [9.17, 15) is 4.79 Å². The largest absolute Gasteiger partial charge is 0.464 e. The molecule has 1 unspecified atom stereocenters. The van der Waals surface area contributed by atoms with Gasteiger partial charge in [0.25, 0.3) is 0 Å². The number of hydrogen-bond donors (Lipinski definition) is 1. The number of esters is 1. The second-order valence-electron chi connectivity index (χ2n) is 5.82. The SMILES string of the molecule is CC(C)(C)C(=O)OCC(N)C(C)(C)C. The van der Waals surface area contributed by atoms with Crippen LogP contribution in [-0.4, -0.2) is 18.6 Å². The molecule has 0 spiro atoms. The zero-order valence-electron chi connectivity index (χ0n) is 10.2. The van der Waals surface area contributed by atoms with Gasteiger partial charge in [-0.1, -0.05) is 20.8 Å². The predicted octanol–water partition coefficient (Wildman–Crippen LogP) is 1.95. The lowest BCUT2D eigenvalue weighted by molar-refractivity contribution is -0.154. The summed E-state index contributed by atoms with van der Waals surface area (Å²) in [5.74, 6) is -0.197. The maximum absolute atomic E-state index is 11.4. The molecular formula is C11H23NO2. The first-order valence-corrected chi connectivity index (χ1v) is 4.98. The zero-order valence-corrected chi connectivity index (χ0v) is 10.2. The van der Waals surface area contributed by atoms with Crippen LogP contribution in [0.25, 0.3) is 0 Å². The van der Waals surface area contributed by atoms with Gasteiger partial charge in [-0.2, -0.15) is 0 Å². The minimum absolute atomic E-state index is 0.0296. The van der Waals surface area contributed by atoms with Crippen LogP contribution < -0.4 is 5.73 Å². The molecule has 3 nitrogen and oxygen atoms in total. The number of ether oxygens (including phenoxy) is 1. The average Bonchev–Trinajstić information content (AvgIpc) is 1.95. The van der Waals surface area contributed by atoms with Gasteiger partial charge in [0.05, 0.1) is 5.41 Å². The monoisotopic (exact) mass is 201 g/mol. The van der Waals surface area contributed by atoms with E-state index >= 15 is 0 Å². The van der Waals surface area contributed by atoms with Gasteiger partial charge in [0.2, 0.25) is 0 Å². The van der Waals surface area contributed by atoms with E-state index in [-0.39, 0.29) is 17.4 Å². The van der Waals surface area contributed by atoms with E-state index in [4.69, 9.17) is 10.5 Å². The van der Waals surface area contributed by atoms with Crippen molar-refractivity contribution in [3.63, 3.8) is 0 Å². The van der Waals surface area contributed by atoms with E-state index in [1.165, 1.54) is 0 Å². The van der Waals surface area contributed by atoms with Crippen molar-refractivity contribution in [1.82, 2.24) is 0 Å². The number of hydrogen-bond acceptors (Lipinski definition) is 3. The van der Waals surface area contributed by atoms with Gasteiger partial charge in [-0.15, -0.1) is 0 Å². The first-order valence-electron chi connectivity index (χ1n) is 4.98. The van der Waals surface area contributed by atoms with Crippen LogP contribution in [0, 0.1) is 10.8 Å². The Kier molecular flexibility index (Phi) is 4.13. The molecule has 0 saturated heterocycles. The van der Waals surface area contributed by atoms with Crippen LogP contribution in [0.5, 0.6) is 0 Å². The van der Waals surface area contributed by atoms with Crippen LogP contribution >= 0.6 is 0 Å². The van der Waals surface area contributed by atoms with Gasteiger partial charge in [-0.25, -0.2) is 0 Å². The van der Waals surface area contributed by atoms with Gasteiger partial charge in [-0.3, -0.25) is 4.79 Å². The molecule has 3 heteroatoms. The number of rotatable bonds is 2. The lowest BCUT2D eigenvalue weighted by Crippen LogP contribution is -2.40. The molecule has 0 aromatic carbocycles. The summed E-state index contributed by atoms with van der Waals surface area (Å²) in [5.41, 5.74) is 5.39. The van der Waals surface area contributed by atoms with E-state index < -0.39 is 5.41 Å². The Hall–Kier alpha value is -0.570. The molecule has 1 atom stereocenters. The van der Waals surface area contributed by atoms with E-state index in [1.54, 1.807) is 0 Å². The van der Waals surface area contributed by atoms with E-state index in [0.29, 0.717) is 6.61 Å². The Morgan fingerprint density at radius 2 is 1.64 bits per heavy atom. The quantitative estimate of drug-likeness (QED) is 0.695. The third kappa shape index (κ3) is 4.61. The lowest BCUT2D eigenvalue weighted by atomic mass is 9.88. The first-order chi connectivity index (χ1) is 6.05. The molecule has 0 fully saturated rings. The molecule has 0 radical (unpaired) electrons. The summed E-state index contributed by atoms with van der Waals surface area (Å²) in [6.45, 7) is 11.9. The topological polar surface area (TPSA) is 52.3 Å². The highest BCUT2D eigenvalue weighted by Gasteiger charge is 2.26. The van der Waals surface area contributed by atoms with Crippen LogP contribution in [0.15, 0.2) is 0 Å². The summed E-state index contributed by atoms with van der Waals surface area (Å²) in [7, 11) is 0. The van der Waals surface area contributed by atoms with Crippen LogP contribution in [0.1, 0.15) is 41.5 Å². The Balaban J connectivity index is 4.03. The van der Waals surface area contributed by atoms with E-state index in [0.717, 1.165) is 0 Å². The summed E-state index contributed by atoms with van der Waals surface area (Å²) in [4.78, 5) is 11.4. The van der Waals surface area contributed by atoms with E-state index in [2.05, 4.69) is 0 Å². The third-order valence-corrected chi connectivity index (χ3v) is 2.12. The maximum atomic E-state index is 11.4. The molecule has 0 saturated carbocycles. The minimum atomic E-state index is -0.447. The standard InChI is InChI=1S/C11H23NO2/c1-10(2,3)8(12)7-14-9(13)11(4,5)6/h8H,7,12H2,1-6H3. The smallest absolute Gasteiger partial charge is 0.311 e. The Morgan fingerprint density at radius 1 is 1.21 bits per heavy atom. The number of nitrogens with two attached hydrogens (primary N) is 1. The second-order valence-corrected chi connectivity index (χ2v) is 5.82. The molecule has 0 rings (SSSR count). The molecule has 0 aliphatic heterocycles. The van der Waals surface area contributed by atoms with Crippen LogP contribution in [0.3, 0.4) is 0 Å². The number of carbonyl (C=O) groups is 1. The second kappa shape index (κ2) is 4.30. The Morgan fingerprint density at radius 3 is 1.93 bits per heavy atom. The van der Waals surface area contributed by atoms with Gasteiger partial charge in [0, 0.05) is 6.04 Å². The van der Waals surface area contributed by atoms with Gasteiger partial charge in [0.15, 0.2) is 0 Å². The molecule has 0 aliphatic rings. The maximum Gasteiger partial charge on any atom is 0.311 e. The van der Waals surface area contributed by atoms with Crippen molar-refractivity contribution in [1.29, 1.82) is 0 Å². The van der Waals surface area contributed by atoms with Crippen molar-refractivity contribution in [3.8, 4) is 0 Å². The van der Waals surface area contributed by atoms with Crippen molar-refractivity contribution in [2.75, 3.05) is 6.61 Å². The highest BCUT2D eigenvalue weighted by atomic mass is 16.5. The summed E-state index contributed by atoms with van der Waals surface area (Å²) in [5, 5.41) is 0. The Labute approximate surface area is 87.0 Å². The highest BCUT2D eigenvalue weighted by molar-refractivity contribution is 5.75. The molecule has 0 aromatic heterocycles. The average molecular weight is 201 g/mol. The van der Waals surface area contributed by atoms with Crippen LogP contribution in [-0.2, 0) is 9.53 Å². The van der Waals surface area contributed by atoms with Gasteiger partial charge in [-0.05, 0) is 26.2 Å². The lowest BCUT2D eigenvalue weighted by Gasteiger charge is -2.27. The molecular weight excluding hydrogens is 178 g/mol. The molecule has 0 heterocycles. The summed E-state index contributed by atoms with van der Waals surface area (Å²) < 4.78 is 5.13. The van der Waals surface area contributed by atoms with Gasteiger partial charge in [0.1, 0.15) is 6.61 Å². The summed E-state index contributed by atoms with van der Waals surface area (Å²) in [6.07, 6.45) is 0. The zero-order chi connectivity index (χ0) is 11.6. The third-order valence-electron chi connectivity index (χ3n) is 2.12. The highest BCUT2D eigenvalue weighted by Crippen LogP contribution is 2.19. The minimum Gasteiger partial charge on any atom is -0.464 e. The van der Waals surface area contributed by atoms with E-state index in [1.807, 2.05) is 41.5 Å². The molecule has 14 heavy (non-hydrogen) atoms. The van der Waals surface area contributed by atoms with Crippen LogP contribution in [0.2, 0.25) is 0 Å². The number of carbonyl (C=O) groups excluding carboxylic acids is 1. The fourth-order valence-corrected chi connectivity index (χ4v) is 0.632. The first kappa shape index (κ1) is 13.4.